The van der Waals surface area contributed by atoms with E-state index in [2.05, 4.69) is 5.32 Å². The fraction of sp³-hybridized carbons (Fsp3) is 0.444. The molecule has 2 atom stereocenters. The highest BCUT2D eigenvalue weighted by Gasteiger charge is 2.43. The summed E-state index contributed by atoms with van der Waals surface area (Å²) in [5.41, 5.74) is 1.97. The lowest BCUT2D eigenvalue weighted by Crippen LogP contribution is -2.45. The number of nitrogens with one attached hydrogen (secondary N) is 1. The molecule has 0 aromatic heterocycles. The van der Waals surface area contributed by atoms with E-state index in [9.17, 15) is 14.0 Å². The van der Waals surface area contributed by atoms with E-state index >= 15 is 0 Å². The van der Waals surface area contributed by atoms with Crippen molar-refractivity contribution in [3.8, 4) is 0 Å². The molecular weight excluding hydrogens is 325 g/mol. The second-order valence-electron chi connectivity index (χ2n) is 6.67. The van der Waals surface area contributed by atoms with Crippen molar-refractivity contribution in [1.29, 1.82) is 0 Å². The van der Waals surface area contributed by atoms with Crippen molar-refractivity contribution in [2.75, 3.05) is 26.7 Å². The minimum absolute atomic E-state index is 0.0588. The molecule has 3 amide bonds. The lowest BCUT2D eigenvalue weighted by molar-refractivity contribution is -0.127. The quantitative estimate of drug-likeness (QED) is 0.909. The van der Waals surface area contributed by atoms with Gasteiger partial charge in [0.15, 0.2) is 0 Å². The number of carbonyl (C=O) groups excluding carboxylic acids is 2. The first-order valence-corrected chi connectivity index (χ1v) is 8.48. The van der Waals surface area contributed by atoms with Crippen LogP contribution >= 0.6 is 0 Å². The normalized spacial score (nSPS) is 26.3. The van der Waals surface area contributed by atoms with Crippen molar-refractivity contribution in [2.45, 2.75) is 25.0 Å². The molecular formula is C18H20FN3O3. The minimum Gasteiger partial charge on any atom is -0.376 e. The van der Waals surface area contributed by atoms with Crippen LogP contribution in [0.1, 0.15) is 24.4 Å². The van der Waals surface area contributed by atoms with Gasteiger partial charge in [-0.15, -0.1) is 0 Å². The molecule has 0 spiro atoms. The van der Waals surface area contributed by atoms with Crippen molar-refractivity contribution < 1.29 is 18.7 Å². The van der Waals surface area contributed by atoms with Gasteiger partial charge in [0.2, 0.25) is 0 Å². The summed E-state index contributed by atoms with van der Waals surface area (Å²) < 4.78 is 18.9. The molecule has 3 heterocycles. The summed E-state index contributed by atoms with van der Waals surface area (Å²) in [7, 11) is 1.66. The molecule has 1 saturated heterocycles. The highest BCUT2D eigenvalue weighted by atomic mass is 19.1. The summed E-state index contributed by atoms with van der Waals surface area (Å²) in [5, 5.41) is 2.85. The molecule has 3 aliphatic rings. The predicted molar refractivity (Wildman–Crippen MR) is 88.0 cm³/mol. The maximum absolute atomic E-state index is 13.2. The highest BCUT2D eigenvalue weighted by Crippen LogP contribution is 2.36. The molecule has 1 fully saturated rings. The van der Waals surface area contributed by atoms with Gasteiger partial charge in [0.25, 0.3) is 5.91 Å². The number of benzene rings is 1. The summed E-state index contributed by atoms with van der Waals surface area (Å²) in [6, 6.07) is 5.06. The van der Waals surface area contributed by atoms with Crippen molar-refractivity contribution in [3.05, 3.63) is 46.9 Å². The molecule has 0 saturated carbocycles. The molecule has 25 heavy (non-hydrogen) atoms. The largest absolute Gasteiger partial charge is 0.376 e. The molecule has 0 aliphatic carbocycles. The van der Waals surface area contributed by atoms with Gasteiger partial charge >= 0.3 is 6.03 Å². The maximum Gasteiger partial charge on any atom is 0.322 e. The van der Waals surface area contributed by atoms with Crippen LogP contribution in [-0.4, -0.2) is 54.6 Å². The van der Waals surface area contributed by atoms with Crippen LogP contribution in [0.4, 0.5) is 9.18 Å². The number of amides is 3. The molecule has 0 bridgehead atoms. The fourth-order valence-electron chi connectivity index (χ4n) is 3.71. The third kappa shape index (κ3) is 2.78. The van der Waals surface area contributed by atoms with Gasteiger partial charge in [-0.1, -0.05) is 12.1 Å². The topological polar surface area (TPSA) is 61.9 Å². The number of rotatable bonds is 3. The van der Waals surface area contributed by atoms with Crippen molar-refractivity contribution in [3.63, 3.8) is 0 Å². The zero-order valence-corrected chi connectivity index (χ0v) is 14.0. The Hall–Kier alpha value is -2.41. The first-order valence-electron chi connectivity index (χ1n) is 8.48. The van der Waals surface area contributed by atoms with Gasteiger partial charge in [0.1, 0.15) is 5.82 Å². The summed E-state index contributed by atoms with van der Waals surface area (Å²) in [4.78, 5) is 28.5. The van der Waals surface area contributed by atoms with E-state index in [-0.39, 0.29) is 23.9 Å². The monoisotopic (exact) mass is 345 g/mol. The zero-order chi connectivity index (χ0) is 17.6. The van der Waals surface area contributed by atoms with E-state index in [1.165, 1.54) is 17.0 Å². The van der Waals surface area contributed by atoms with E-state index in [0.29, 0.717) is 29.9 Å². The van der Waals surface area contributed by atoms with E-state index in [1.807, 2.05) is 0 Å². The standard InChI is InChI=1S/C18H20FN3O3/c1-21-14-10-22(9-13-3-2-8-25-13)17(23)15(14)16(20-18(21)24)11-4-6-12(19)7-5-11/h4-7,13,16H,2-3,8-10H2,1H3,(H,20,24)/t13-,16+/m1/s1. The van der Waals surface area contributed by atoms with Crippen LogP contribution in [0.5, 0.6) is 0 Å². The highest BCUT2D eigenvalue weighted by molar-refractivity contribution is 6.01. The van der Waals surface area contributed by atoms with Crippen LogP contribution in [0.15, 0.2) is 35.5 Å². The maximum atomic E-state index is 13.2. The Morgan fingerprint density at radius 1 is 1.28 bits per heavy atom. The SMILES string of the molecule is CN1C(=O)N[C@@H](c2ccc(F)cc2)C2=C1CN(C[C@H]1CCCO1)C2=O. The third-order valence-corrected chi connectivity index (χ3v) is 5.09. The Bertz CT molecular complexity index is 740. The molecule has 0 radical (unpaired) electrons. The second kappa shape index (κ2) is 6.15. The first kappa shape index (κ1) is 16.1. The molecule has 1 aromatic rings. The van der Waals surface area contributed by atoms with E-state index in [1.54, 1.807) is 24.1 Å². The molecule has 3 aliphatic heterocycles. The minimum atomic E-state index is -0.554. The molecule has 1 N–H and O–H groups in total. The van der Waals surface area contributed by atoms with Gasteiger partial charge < -0.3 is 15.0 Å². The number of urea groups is 1. The van der Waals surface area contributed by atoms with Crippen LogP contribution in [0.2, 0.25) is 0 Å². The number of hydrogen-bond donors (Lipinski definition) is 1. The number of nitrogens with zero attached hydrogens (tertiary/aromatic N) is 2. The Morgan fingerprint density at radius 3 is 2.72 bits per heavy atom. The van der Waals surface area contributed by atoms with Crippen molar-refractivity contribution in [2.24, 2.45) is 0 Å². The van der Waals surface area contributed by atoms with Crippen LogP contribution in [0, 0.1) is 5.82 Å². The Morgan fingerprint density at radius 2 is 2.04 bits per heavy atom. The Balaban J connectivity index is 1.64. The van der Waals surface area contributed by atoms with Crippen LogP contribution in [-0.2, 0) is 9.53 Å². The number of ether oxygens (including phenoxy) is 1. The fourth-order valence-corrected chi connectivity index (χ4v) is 3.71. The average Bonchev–Trinajstić information content (AvgIpc) is 3.22. The van der Waals surface area contributed by atoms with Crippen LogP contribution in [0.25, 0.3) is 0 Å². The average molecular weight is 345 g/mol. The zero-order valence-electron chi connectivity index (χ0n) is 14.0. The molecule has 1 aromatic carbocycles. The summed E-state index contributed by atoms with van der Waals surface area (Å²) >= 11 is 0. The summed E-state index contributed by atoms with van der Waals surface area (Å²) in [6.45, 7) is 1.66. The summed E-state index contributed by atoms with van der Waals surface area (Å²) in [6.07, 6.45) is 2.02. The van der Waals surface area contributed by atoms with Crippen molar-refractivity contribution >= 4 is 11.9 Å². The van der Waals surface area contributed by atoms with E-state index < -0.39 is 6.04 Å². The predicted octanol–water partition coefficient (Wildman–Crippen LogP) is 1.80. The molecule has 132 valence electrons. The smallest absolute Gasteiger partial charge is 0.322 e. The lowest BCUT2D eigenvalue weighted by Gasteiger charge is -2.31. The Kier molecular flexibility index (Phi) is 3.95. The van der Waals surface area contributed by atoms with Crippen molar-refractivity contribution in [1.82, 2.24) is 15.1 Å². The van der Waals surface area contributed by atoms with Gasteiger partial charge in [-0.25, -0.2) is 9.18 Å². The van der Waals surface area contributed by atoms with Gasteiger partial charge in [-0.05, 0) is 30.5 Å². The summed E-state index contributed by atoms with van der Waals surface area (Å²) in [5.74, 6) is -0.443. The van der Waals surface area contributed by atoms with E-state index in [0.717, 1.165) is 19.4 Å². The number of carbonyl (C=O) groups is 2. The Labute approximate surface area is 145 Å². The first-order chi connectivity index (χ1) is 12.0. The second-order valence-corrected chi connectivity index (χ2v) is 6.67. The molecule has 7 heteroatoms. The number of hydrogen-bond acceptors (Lipinski definition) is 3. The van der Waals surface area contributed by atoms with E-state index in [4.69, 9.17) is 4.74 Å². The van der Waals surface area contributed by atoms with Gasteiger partial charge in [-0.2, -0.15) is 0 Å². The number of likely N-dealkylation sites (N-methyl/N-ethyl adjacent to an activating group) is 1. The third-order valence-electron chi connectivity index (χ3n) is 5.09. The lowest BCUT2D eigenvalue weighted by atomic mass is 9.96. The molecule has 6 nitrogen and oxygen atoms in total. The number of halogens is 1. The van der Waals surface area contributed by atoms with Gasteiger partial charge in [-0.3, -0.25) is 9.69 Å². The van der Waals surface area contributed by atoms with Crippen LogP contribution in [0.3, 0.4) is 0 Å². The van der Waals surface area contributed by atoms with Gasteiger partial charge in [0.05, 0.1) is 30.0 Å². The molecule has 4 rings (SSSR count). The molecule has 0 unspecified atom stereocenters. The van der Waals surface area contributed by atoms with Gasteiger partial charge in [0, 0.05) is 20.2 Å². The van der Waals surface area contributed by atoms with Crippen LogP contribution < -0.4 is 5.32 Å².